The van der Waals surface area contributed by atoms with Crippen LogP contribution in [0.1, 0.15) is 0 Å². The van der Waals surface area contributed by atoms with Crippen LogP contribution in [0.2, 0.25) is 0 Å². The molecule has 0 aromatic heterocycles. The van der Waals surface area contributed by atoms with Gasteiger partial charge >= 0.3 is 25.9 Å². The molecule has 0 aliphatic carbocycles. The maximum absolute atomic E-state index is 12.4. The average molecular weight is 451 g/mol. The number of rotatable bonds is 7. The van der Waals surface area contributed by atoms with Gasteiger partial charge in [0, 0.05) is 12.1 Å². The first-order valence-corrected chi connectivity index (χ1v) is 10.9. The van der Waals surface area contributed by atoms with Gasteiger partial charge < -0.3 is 13.5 Å². The molecule has 10 nitrogen and oxygen atoms in total. The van der Waals surface area contributed by atoms with Crippen LogP contribution in [0.25, 0.3) is 0 Å². The quantitative estimate of drug-likeness (QED) is 0.325. The van der Waals surface area contributed by atoms with Gasteiger partial charge in [-0.2, -0.15) is 16.8 Å². The van der Waals surface area contributed by atoms with Gasteiger partial charge in [-0.3, -0.25) is 10.1 Å². The third-order valence-electron chi connectivity index (χ3n) is 3.67. The summed E-state index contributed by atoms with van der Waals surface area (Å²) in [6.07, 6.45) is 0. The zero-order valence-corrected chi connectivity index (χ0v) is 16.5. The van der Waals surface area contributed by atoms with Gasteiger partial charge in [-0.1, -0.05) is 36.4 Å². The number of nitro groups is 1. The van der Waals surface area contributed by atoms with E-state index >= 15 is 0 Å². The van der Waals surface area contributed by atoms with Crippen LogP contribution in [0, 0.1) is 10.1 Å². The van der Waals surface area contributed by atoms with Gasteiger partial charge in [0.25, 0.3) is 0 Å². The highest BCUT2D eigenvalue weighted by atomic mass is 32.2. The van der Waals surface area contributed by atoms with Gasteiger partial charge in [0.05, 0.1) is 4.92 Å². The largest absolute Gasteiger partial charge is 0.508 e. The highest BCUT2D eigenvalue weighted by Gasteiger charge is 2.32. The smallest absolute Gasteiger partial charge is 0.356 e. The van der Waals surface area contributed by atoms with Crippen LogP contribution < -0.4 is 8.37 Å². The molecule has 0 atom stereocenters. The molecule has 156 valence electrons. The zero-order chi connectivity index (χ0) is 21.9. The van der Waals surface area contributed by atoms with E-state index in [0.717, 1.165) is 0 Å². The van der Waals surface area contributed by atoms with E-state index in [0.29, 0.717) is 12.1 Å². The fourth-order valence-electron chi connectivity index (χ4n) is 2.38. The van der Waals surface area contributed by atoms with E-state index in [1.54, 1.807) is 12.1 Å². The van der Waals surface area contributed by atoms with Crippen molar-refractivity contribution >= 4 is 25.9 Å². The second-order valence-electron chi connectivity index (χ2n) is 5.75. The first-order valence-electron chi connectivity index (χ1n) is 8.10. The summed E-state index contributed by atoms with van der Waals surface area (Å²) in [4.78, 5) is 9.89. The molecule has 0 heterocycles. The minimum absolute atomic E-state index is 0.304. The number of hydrogen-bond acceptors (Lipinski definition) is 9. The Morgan fingerprint density at radius 3 is 1.43 bits per heavy atom. The van der Waals surface area contributed by atoms with Crippen molar-refractivity contribution < 1.29 is 35.2 Å². The van der Waals surface area contributed by atoms with Crippen LogP contribution >= 0.6 is 0 Å². The Morgan fingerprint density at radius 2 is 1.10 bits per heavy atom. The van der Waals surface area contributed by atoms with E-state index in [-0.39, 0.29) is 9.79 Å². The van der Waals surface area contributed by atoms with Crippen molar-refractivity contribution in [2.75, 3.05) is 0 Å². The molecule has 0 amide bonds. The van der Waals surface area contributed by atoms with Gasteiger partial charge in [0.1, 0.15) is 15.5 Å². The van der Waals surface area contributed by atoms with E-state index in [1.165, 1.54) is 48.5 Å². The lowest BCUT2D eigenvalue weighted by Crippen LogP contribution is -2.13. The Balaban J connectivity index is 2.09. The van der Waals surface area contributed by atoms with Crippen molar-refractivity contribution in [3.63, 3.8) is 0 Å². The highest BCUT2D eigenvalue weighted by Crippen LogP contribution is 2.42. The van der Waals surface area contributed by atoms with E-state index < -0.39 is 48.1 Å². The maximum Gasteiger partial charge on any atom is 0.356 e. The van der Waals surface area contributed by atoms with Crippen LogP contribution in [0.5, 0.6) is 17.2 Å². The molecule has 3 aromatic carbocycles. The Bertz CT molecular complexity index is 1200. The van der Waals surface area contributed by atoms with Gasteiger partial charge in [-0.25, -0.2) is 0 Å². The van der Waals surface area contributed by atoms with Crippen LogP contribution in [0.4, 0.5) is 5.69 Å². The monoisotopic (exact) mass is 451 g/mol. The second kappa shape index (κ2) is 8.00. The summed E-state index contributed by atoms with van der Waals surface area (Å²) in [5, 5.41) is 21.4. The van der Waals surface area contributed by atoms with Crippen LogP contribution in [-0.4, -0.2) is 26.9 Å². The fraction of sp³-hybridized carbons (Fsp3) is 0. The minimum atomic E-state index is -4.52. The molecular weight excluding hydrogens is 438 g/mol. The molecule has 3 aromatic rings. The summed E-state index contributed by atoms with van der Waals surface area (Å²) in [6.45, 7) is 0. The van der Waals surface area contributed by atoms with Crippen molar-refractivity contribution in [3.8, 4) is 17.2 Å². The first-order chi connectivity index (χ1) is 14.1. The van der Waals surface area contributed by atoms with Crippen molar-refractivity contribution in [2.45, 2.75) is 9.79 Å². The van der Waals surface area contributed by atoms with Crippen LogP contribution in [0.15, 0.2) is 82.6 Å². The van der Waals surface area contributed by atoms with E-state index in [2.05, 4.69) is 0 Å². The third kappa shape index (κ3) is 4.50. The SMILES string of the molecule is O=[N+]([O-])c1c(OS(=O)(=O)c2ccccc2)cc(O)cc1OS(=O)(=O)c1ccccc1. The average Bonchev–Trinajstić information content (AvgIpc) is 2.68. The lowest BCUT2D eigenvalue weighted by Gasteiger charge is -2.12. The van der Waals surface area contributed by atoms with Crippen LogP contribution in [-0.2, 0) is 20.2 Å². The molecule has 30 heavy (non-hydrogen) atoms. The fourth-order valence-corrected chi connectivity index (χ4v) is 4.28. The normalized spacial score (nSPS) is 11.6. The zero-order valence-electron chi connectivity index (χ0n) is 14.9. The van der Waals surface area contributed by atoms with Crippen molar-refractivity contribution in [1.29, 1.82) is 0 Å². The van der Waals surface area contributed by atoms with Gasteiger partial charge in [0.2, 0.25) is 11.5 Å². The summed E-state index contributed by atoms with van der Waals surface area (Å²) in [6, 6.07) is 14.9. The van der Waals surface area contributed by atoms with E-state index in [9.17, 15) is 32.1 Å². The molecule has 0 aliphatic heterocycles. The Labute approximate surface area is 171 Å². The molecule has 0 saturated carbocycles. The predicted molar refractivity (Wildman–Crippen MR) is 103 cm³/mol. The molecule has 0 aliphatic rings. The Morgan fingerprint density at radius 1 is 0.733 bits per heavy atom. The molecule has 3 rings (SSSR count). The molecule has 0 spiro atoms. The number of phenols is 1. The number of aromatic hydroxyl groups is 1. The van der Waals surface area contributed by atoms with Gasteiger partial charge in [0.15, 0.2) is 0 Å². The number of phenolic OH excluding ortho intramolecular Hbond substituents is 1. The van der Waals surface area contributed by atoms with Crippen molar-refractivity contribution in [2.24, 2.45) is 0 Å². The number of benzene rings is 3. The predicted octanol–water partition coefficient (Wildman–Crippen LogP) is 2.84. The van der Waals surface area contributed by atoms with Gasteiger partial charge in [-0.05, 0) is 24.3 Å². The molecule has 0 saturated heterocycles. The lowest BCUT2D eigenvalue weighted by molar-refractivity contribution is -0.386. The maximum atomic E-state index is 12.4. The summed E-state index contributed by atoms with van der Waals surface area (Å²) in [5.74, 6) is -2.54. The van der Waals surface area contributed by atoms with Crippen LogP contribution in [0.3, 0.4) is 0 Å². The molecule has 0 fully saturated rings. The standard InChI is InChI=1S/C18H13NO9S2/c20-13-11-16(27-29(23,24)14-7-3-1-4-8-14)18(19(21)22)17(12-13)28-30(25,26)15-9-5-2-6-10-15/h1-12,20H. The molecule has 0 bridgehead atoms. The summed E-state index contributed by atoms with van der Waals surface area (Å²) < 4.78 is 59.3. The van der Waals surface area contributed by atoms with Crippen molar-refractivity contribution in [3.05, 3.63) is 82.9 Å². The Kier molecular flexibility index (Phi) is 5.62. The van der Waals surface area contributed by atoms with E-state index in [1.807, 2.05) is 0 Å². The third-order valence-corrected chi connectivity index (χ3v) is 6.17. The number of nitrogens with zero attached hydrogens (tertiary/aromatic N) is 1. The summed E-state index contributed by atoms with van der Waals surface area (Å²) in [7, 11) is -9.04. The molecule has 1 N–H and O–H groups in total. The van der Waals surface area contributed by atoms with Gasteiger partial charge in [-0.15, -0.1) is 0 Å². The highest BCUT2D eigenvalue weighted by molar-refractivity contribution is 7.87. The molecule has 0 unspecified atom stereocenters. The molecular formula is C18H13NO9S2. The number of hydrogen-bond donors (Lipinski definition) is 1. The van der Waals surface area contributed by atoms with Crippen molar-refractivity contribution in [1.82, 2.24) is 0 Å². The number of nitro benzene ring substituents is 1. The summed E-state index contributed by atoms with van der Waals surface area (Å²) >= 11 is 0. The molecule has 0 radical (unpaired) electrons. The first kappa shape index (κ1) is 21.1. The molecule has 12 heteroatoms. The lowest BCUT2D eigenvalue weighted by atomic mass is 10.2. The van der Waals surface area contributed by atoms with E-state index in [4.69, 9.17) is 8.37 Å². The topological polar surface area (TPSA) is 150 Å². The minimum Gasteiger partial charge on any atom is -0.508 e. The Hall–Kier alpha value is -3.64. The summed E-state index contributed by atoms with van der Waals surface area (Å²) in [5.41, 5.74) is -1.09. The second-order valence-corrected chi connectivity index (χ2v) is 8.84.